The quantitative estimate of drug-likeness (QED) is 0.180. The first kappa shape index (κ1) is 30.6. The van der Waals surface area contributed by atoms with Crippen LogP contribution in [-0.2, 0) is 5.41 Å². The van der Waals surface area contributed by atoms with E-state index in [9.17, 15) is 0 Å². The van der Waals surface area contributed by atoms with E-state index >= 15 is 0 Å². The minimum absolute atomic E-state index is 0.417. The first-order chi connectivity index (χ1) is 27.3. The standard InChI is InChI=1S/C52H32N2S/c1-2-13-33(14-3-1)34-25-27-36(28-26-34)54(37-29-30-42-48(31-37)55-51-38-16-5-4-15-35(38)32-53-50(42)51)47-24-12-23-46-49(47)41-19-8-11-22-45(41)52(46)43-20-9-6-17-39(43)40-18-7-10-21-44(40)52/h1-32H. The summed E-state index contributed by atoms with van der Waals surface area (Å²) in [5, 5.41) is 3.61. The molecule has 2 aliphatic rings. The first-order valence-electron chi connectivity index (χ1n) is 18.9. The lowest BCUT2D eigenvalue weighted by Crippen LogP contribution is -2.26. The number of thiophene rings is 1. The molecular formula is C52H32N2S. The van der Waals surface area contributed by atoms with Crippen molar-refractivity contribution >= 4 is 59.5 Å². The average molecular weight is 717 g/mol. The molecule has 2 heterocycles. The summed E-state index contributed by atoms with van der Waals surface area (Å²) < 4.78 is 2.46. The molecule has 0 saturated heterocycles. The van der Waals surface area contributed by atoms with Gasteiger partial charge in [0.2, 0.25) is 0 Å². The summed E-state index contributed by atoms with van der Waals surface area (Å²) in [6.07, 6.45) is 2.01. The fourth-order valence-electron chi connectivity index (χ4n) is 9.64. The second-order valence-corrected chi connectivity index (χ2v) is 15.7. The molecule has 2 nitrogen and oxygen atoms in total. The Bertz CT molecular complexity index is 3110. The normalized spacial score (nSPS) is 13.2. The van der Waals surface area contributed by atoms with Gasteiger partial charge in [0.15, 0.2) is 0 Å². The summed E-state index contributed by atoms with van der Waals surface area (Å²) in [6.45, 7) is 0. The number of pyridine rings is 1. The van der Waals surface area contributed by atoms with Crippen LogP contribution in [0.5, 0.6) is 0 Å². The highest BCUT2D eigenvalue weighted by molar-refractivity contribution is 7.26. The Labute approximate surface area is 323 Å². The lowest BCUT2D eigenvalue weighted by Gasteiger charge is -2.31. The number of anilines is 3. The molecule has 0 N–H and O–H groups in total. The highest BCUT2D eigenvalue weighted by atomic mass is 32.1. The van der Waals surface area contributed by atoms with Gasteiger partial charge in [-0.3, -0.25) is 4.98 Å². The minimum atomic E-state index is -0.417. The summed E-state index contributed by atoms with van der Waals surface area (Å²) in [4.78, 5) is 7.45. The smallest absolute Gasteiger partial charge is 0.0894 e. The van der Waals surface area contributed by atoms with Crippen LogP contribution in [-0.4, -0.2) is 4.98 Å². The third kappa shape index (κ3) is 4.22. The zero-order chi connectivity index (χ0) is 36.1. The van der Waals surface area contributed by atoms with Gasteiger partial charge in [-0.25, -0.2) is 0 Å². The number of benzene rings is 8. The van der Waals surface area contributed by atoms with Gasteiger partial charge in [0, 0.05) is 44.0 Å². The lowest BCUT2D eigenvalue weighted by molar-refractivity contribution is 0.794. The van der Waals surface area contributed by atoms with E-state index in [1.807, 2.05) is 17.5 Å². The van der Waals surface area contributed by atoms with Gasteiger partial charge in [-0.05, 0) is 86.5 Å². The fraction of sp³-hybridized carbons (Fsp3) is 0.0192. The topological polar surface area (TPSA) is 16.1 Å². The molecule has 0 saturated carbocycles. The summed E-state index contributed by atoms with van der Waals surface area (Å²) in [6, 6.07) is 69.3. The highest BCUT2D eigenvalue weighted by Gasteiger charge is 2.52. The average Bonchev–Trinajstić information content (AvgIpc) is 3.89. The lowest BCUT2D eigenvalue weighted by atomic mass is 9.70. The van der Waals surface area contributed by atoms with Crippen LogP contribution in [0, 0.1) is 0 Å². The molecule has 0 amide bonds. The maximum atomic E-state index is 4.97. The van der Waals surface area contributed by atoms with E-state index in [0.29, 0.717) is 0 Å². The highest BCUT2D eigenvalue weighted by Crippen LogP contribution is 2.64. The van der Waals surface area contributed by atoms with Crippen molar-refractivity contribution in [3.8, 4) is 33.4 Å². The van der Waals surface area contributed by atoms with Gasteiger partial charge < -0.3 is 4.90 Å². The Morgan fingerprint density at radius 1 is 0.455 bits per heavy atom. The van der Waals surface area contributed by atoms with Crippen molar-refractivity contribution in [2.45, 2.75) is 5.41 Å². The van der Waals surface area contributed by atoms with Crippen molar-refractivity contribution in [1.82, 2.24) is 4.98 Å². The summed E-state index contributed by atoms with van der Waals surface area (Å²) in [7, 11) is 0. The van der Waals surface area contributed by atoms with E-state index in [0.717, 1.165) is 16.9 Å². The SMILES string of the molecule is c1ccc(-c2ccc(N(c3ccc4c(c3)sc3c5ccccc5cnc43)c3cccc4c3-c3ccccc3C43c4ccccc4-c4ccccc43)cc2)cc1. The summed E-state index contributed by atoms with van der Waals surface area (Å²) >= 11 is 1.84. The predicted octanol–water partition coefficient (Wildman–Crippen LogP) is 14.1. The zero-order valence-electron chi connectivity index (χ0n) is 29.8. The van der Waals surface area contributed by atoms with E-state index < -0.39 is 5.41 Å². The Balaban J connectivity index is 1.13. The van der Waals surface area contributed by atoms with Gasteiger partial charge >= 0.3 is 0 Å². The predicted molar refractivity (Wildman–Crippen MR) is 231 cm³/mol. The van der Waals surface area contributed by atoms with E-state index in [-0.39, 0.29) is 0 Å². The molecule has 256 valence electrons. The summed E-state index contributed by atoms with van der Waals surface area (Å²) in [5.41, 5.74) is 17.0. The van der Waals surface area contributed by atoms with Crippen molar-refractivity contribution in [2.75, 3.05) is 4.90 Å². The first-order valence-corrected chi connectivity index (χ1v) is 19.7. The Hall–Kier alpha value is -6.81. The van der Waals surface area contributed by atoms with Gasteiger partial charge in [0.1, 0.15) is 0 Å². The molecular weight excluding hydrogens is 685 g/mol. The van der Waals surface area contributed by atoms with Crippen LogP contribution >= 0.6 is 11.3 Å². The van der Waals surface area contributed by atoms with Crippen molar-refractivity contribution in [2.24, 2.45) is 0 Å². The molecule has 0 fully saturated rings. The monoisotopic (exact) mass is 716 g/mol. The van der Waals surface area contributed by atoms with E-state index in [4.69, 9.17) is 4.98 Å². The number of fused-ring (bicyclic) bond motifs is 15. The second-order valence-electron chi connectivity index (χ2n) is 14.6. The van der Waals surface area contributed by atoms with Gasteiger partial charge in [-0.2, -0.15) is 0 Å². The van der Waals surface area contributed by atoms with Crippen LogP contribution in [0.2, 0.25) is 0 Å². The number of hydrogen-bond donors (Lipinski definition) is 0. The van der Waals surface area contributed by atoms with E-state index in [1.54, 1.807) is 0 Å². The molecule has 2 aliphatic carbocycles. The molecule has 55 heavy (non-hydrogen) atoms. The molecule has 10 aromatic rings. The number of nitrogens with zero attached hydrogens (tertiary/aromatic N) is 2. The molecule has 2 aromatic heterocycles. The second kappa shape index (κ2) is 11.6. The van der Waals surface area contributed by atoms with Crippen LogP contribution in [0.3, 0.4) is 0 Å². The number of hydrogen-bond acceptors (Lipinski definition) is 3. The number of rotatable bonds is 4. The third-order valence-electron chi connectivity index (χ3n) is 11.9. The van der Waals surface area contributed by atoms with Crippen molar-refractivity contribution in [1.29, 1.82) is 0 Å². The molecule has 0 bridgehead atoms. The third-order valence-corrected chi connectivity index (χ3v) is 13.1. The fourth-order valence-corrected chi connectivity index (χ4v) is 10.9. The van der Waals surface area contributed by atoms with E-state index in [1.165, 1.54) is 86.9 Å². The van der Waals surface area contributed by atoms with E-state index in [2.05, 4.69) is 193 Å². The maximum Gasteiger partial charge on any atom is 0.0894 e. The van der Waals surface area contributed by atoms with Gasteiger partial charge in [0.05, 0.1) is 21.3 Å². The van der Waals surface area contributed by atoms with Crippen LogP contribution in [0.25, 0.3) is 64.5 Å². The van der Waals surface area contributed by atoms with Crippen molar-refractivity contribution in [3.63, 3.8) is 0 Å². The maximum absolute atomic E-state index is 4.97. The Morgan fingerprint density at radius 2 is 1.05 bits per heavy atom. The van der Waals surface area contributed by atoms with Crippen LogP contribution in [0.1, 0.15) is 22.3 Å². The molecule has 12 rings (SSSR count). The molecule has 0 aliphatic heterocycles. The molecule has 1 spiro atoms. The van der Waals surface area contributed by atoms with Crippen LogP contribution in [0.15, 0.2) is 194 Å². The minimum Gasteiger partial charge on any atom is -0.310 e. The van der Waals surface area contributed by atoms with Crippen LogP contribution in [0.4, 0.5) is 17.1 Å². The Kier molecular flexibility index (Phi) is 6.46. The largest absolute Gasteiger partial charge is 0.310 e. The molecule has 8 aromatic carbocycles. The zero-order valence-corrected chi connectivity index (χ0v) is 30.6. The van der Waals surface area contributed by atoms with Gasteiger partial charge in [-0.15, -0.1) is 11.3 Å². The van der Waals surface area contributed by atoms with Crippen LogP contribution < -0.4 is 4.90 Å². The van der Waals surface area contributed by atoms with Crippen molar-refractivity contribution in [3.05, 3.63) is 217 Å². The summed E-state index contributed by atoms with van der Waals surface area (Å²) in [5.74, 6) is 0. The number of aromatic nitrogens is 1. The van der Waals surface area contributed by atoms with Gasteiger partial charge in [-0.1, -0.05) is 152 Å². The molecule has 3 heteroatoms. The molecule has 0 unspecified atom stereocenters. The van der Waals surface area contributed by atoms with Gasteiger partial charge in [0.25, 0.3) is 0 Å². The Morgan fingerprint density at radius 3 is 1.82 bits per heavy atom. The van der Waals surface area contributed by atoms with Crippen molar-refractivity contribution < 1.29 is 0 Å². The molecule has 0 atom stereocenters. The molecule has 0 radical (unpaired) electrons.